The van der Waals surface area contributed by atoms with E-state index >= 15 is 0 Å². The summed E-state index contributed by atoms with van der Waals surface area (Å²) in [6, 6.07) is 1.79. The summed E-state index contributed by atoms with van der Waals surface area (Å²) in [4.78, 5) is 16.0. The Morgan fingerprint density at radius 3 is 2.83 bits per heavy atom. The number of carbonyl (C=O) groups excluding carboxylic acids is 1. The fraction of sp³-hybridized carbons (Fsp3) is 0.538. The van der Waals surface area contributed by atoms with Crippen molar-refractivity contribution in [1.82, 2.24) is 10.3 Å². The van der Waals surface area contributed by atoms with Gasteiger partial charge in [-0.1, -0.05) is 31.4 Å². The minimum atomic E-state index is -0.129. The third-order valence-electron chi connectivity index (χ3n) is 2.71. The first-order valence-electron chi connectivity index (χ1n) is 6.22. The molecular formula is C13H20ClN3O. The van der Waals surface area contributed by atoms with Gasteiger partial charge in [0.25, 0.3) is 5.91 Å². The molecule has 0 radical (unpaired) electrons. The summed E-state index contributed by atoms with van der Waals surface area (Å²) in [5.74, 6) is 0.447. The van der Waals surface area contributed by atoms with E-state index in [1.54, 1.807) is 13.1 Å². The second-order valence-electron chi connectivity index (χ2n) is 4.32. The van der Waals surface area contributed by atoms with E-state index in [4.69, 9.17) is 11.6 Å². The molecule has 0 spiro atoms. The van der Waals surface area contributed by atoms with Crippen molar-refractivity contribution >= 4 is 23.3 Å². The van der Waals surface area contributed by atoms with Gasteiger partial charge in [-0.05, 0) is 19.4 Å². The molecule has 0 aliphatic rings. The van der Waals surface area contributed by atoms with E-state index in [-0.39, 0.29) is 11.9 Å². The fourth-order valence-corrected chi connectivity index (χ4v) is 1.90. The first kappa shape index (κ1) is 14.8. The van der Waals surface area contributed by atoms with E-state index in [0.29, 0.717) is 16.4 Å². The number of nitrogens with one attached hydrogen (secondary N) is 2. The number of anilines is 1. The van der Waals surface area contributed by atoms with Crippen molar-refractivity contribution in [2.75, 3.05) is 12.4 Å². The van der Waals surface area contributed by atoms with Gasteiger partial charge in [0.15, 0.2) is 0 Å². The number of hydrogen-bond donors (Lipinski definition) is 2. The summed E-state index contributed by atoms with van der Waals surface area (Å²) in [5, 5.41) is 6.24. The topological polar surface area (TPSA) is 54.0 Å². The Bertz CT molecular complexity index is 409. The maximum absolute atomic E-state index is 11.9. The van der Waals surface area contributed by atoms with Crippen molar-refractivity contribution in [3.8, 4) is 0 Å². The number of carbonyl (C=O) groups is 1. The van der Waals surface area contributed by atoms with Gasteiger partial charge >= 0.3 is 0 Å². The summed E-state index contributed by atoms with van der Waals surface area (Å²) >= 11 is 5.99. The van der Waals surface area contributed by atoms with Crippen molar-refractivity contribution in [1.29, 1.82) is 0 Å². The molecule has 1 rings (SSSR count). The normalized spacial score (nSPS) is 12.0. The van der Waals surface area contributed by atoms with E-state index in [1.807, 2.05) is 6.92 Å². The van der Waals surface area contributed by atoms with Crippen LogP contribution in [0.5, 0.6) is 0 Å². The van der Waals surface area contributed by atoms with Crippen LogP contribution in [0.2, 0.25) is 5.02 Å². The molecule has 1 unspecified atom stereocenters. The number of aromatic nitrogens is 1. The summed E-state index contributed by atoms with van der Waals surface area (Å²) < 4.78 is 0. The number of rotatable bonds is 6. The molecule has 4 nitrogen and oxygen atoms in total. The zero-order chi connectivity index (χ0) is 13.5. The number of unbranched alkanes of at least 4 members (excludes halogenated alkanes) is 1. The highest BCUT2D eigenvalue weighted by atomic mass is 35.5. The van der Waals surface area contributed by atoms with E-state index in [1.165, 1.54) is 6.20 Å². The van der Waals surface area contributed by atoms with Gasteiger partial charge in [-0.3, -0.25) is 4.79 Å². The van der Waals surface area contributed by atoms with Crippen LogP contribution in [0.4, 0.5) is 5.82 Å². The van der Waals surface area contributed by atoms with Gasteiger partial charge in [0.05, 0.1) is 10.6 Å². The summed E-state index contributed by atoms with van der Waals surface area (Å²) in [6.07, 6.45) is 4.75. The highest BCUT2D eigenvalue weighted by Crippen LogP contribution is 2.19. The van der Waals surface area contributed by atoms with Gasteiger partial charge in [-0.25, -0.2) is 4.98 Å². The predicted molar refractivity (Wildman–Crippen MR) is 75.2 cm³/mol. The second kappa shape index (κ2) is 7.21. The SMILES string of the molecule is CCCCC(C)NC(=O)c1cnc(NC)c(Cl)c1. The van der Waals surface area contributed by atoms with Gasteiger partial charge in [-0.2, -0.15) is 0 Å². The Labute approximate surface area is 113 Å². The summed E-state index contributed by atoms with van der Waals surface area (Å²) in [5.41, 5.74) is 0.488. The van der Waals surface area contributed by atoms with Crippen LogP contribution in [-0.2, 0) is 0 Å². The molecule has 0 fully saturated rings. The minimum absolute atomic E-state index is 0.129. The molecule has 1 aromatic heterocycles. The molecule has 2 N–H and O–H groups in total. The van der Waals surface area contributed by atoms with E-state index < -0.39 is 0 Å². The monoisotopic (exact) mass is 269 g/mol. The van der Waals surface area contributed by atoms with Crippen LogP contribution in [0.3, 0.4) is 0 Å². The lowest BCUT2D eigenvalue weighted by Gasteiger charge is -2.13. The summed E-state index contributed by atoms with van der Waals surface area (Å²) in [7, 11) is 1.74. The standard InChI is InChI=1S/C13H20ClN3O/c1-4-5-6-9(2)17-13(18)10-7-11(14)12(15-3)16-8-10/h7-9H,4-6H2,1-3H3,(H,15,16)(H,17,18). The molecule has 1 amide bonds. The number of pyridine rings is 1. The van der Waals surface area contributed by atoms with E-state index in [0.717, 1.165) is 19.3 Å². The molecule has 18 heavy (non-hydrogen) atoms. The molecule has 0 aliphatic carbocycles. The van der Waals surface area contributed by atoms with Crippen molar-refractivity contribution in [3.05, 3.63) is 22.8 Å². The second-order valence-corrected chi connectivity index (χ2v) is 4.73. The van der Waals surface area contributed by atoms with E-state index in [9.17, 15) is 4.79 Å². The quantitative estimate of drug-likeness (QED) is 0.834. The zero-order valence-electron chi connectivity index (χ0n) is 11.1. The largest absolute Gasteiger partial charge is 0.372 e. The van der Waals surface area contributed by atoms with Crippen molar-refractivity contribution in [3.63, 3.8) is 0 Å². The van der Waals surface area contributed by atoms with Gasteiger partial charge in [0, 0.05) is 19.3 Å². The molecule has 1 atom stereocenters. The molecule has 0 aromatic carbocycles. The van der Waals surface area contributed by atoms with Crippen LogP contribution in [0.1, 0.15) is 43.5 Å². The third kappa shape index (κ3) is 4.18. The van der Waals surface area contributed by atoms with Crippen LogP contribution in [0, 0.1) is 0 Å². The van der Waals surface area contributed by atoms with Gasteiger partial charge < -0.3 is 10.6 Å². The fourth-order valence-electron chi connectivity index (χ4n) is 1.64. The third-order valence-corrected chi connectivity index (χ3v) is 3.00. The summed E-state index contributed by atoms with van der Waals surface area (Å²) in [6.45, 7) is 4.14. The molecule has 100 valence electrons. The van der Waals surface area contributed by atoms with Crippen molar-refractivity contribution < 1.29 is 4.79 Å². The minimum Gasteiger partial charge on any atom is -0.372 e. The lowest BCUT2D eigenvalue weighted by atomic mass is 10.1. The predicted octanol–water partition coefficient (Wildman–Crippen LogP) is 3.09. The Morgan fingerprint density at radius 1 is 1.56 bits per heavy atom. The van der Waals surface area contributed by atoms with Crippen LogP contribution < -0.4 is 10.6 Å². The maximum atomic E-state index is 11.9. The molecular weight excluding hydrogens is 250 g/mol. The highest BCUT2D eigenvalue weighted by Gasteiger charge is 2.11. The van der Waals surface area contributed by atoms with Gasteiger partial charge in [0.1, 0.15) is 5.82 Å². The van der Waals surface area contributed by atoms with Crippen LogP contribution in [0.15, 0.2) is 12.3 Å². The Kier molecular flexibility index (Phi) is 5.92. The Hall–Kier alpha value is -1.29. The highest BCUT2D eigenvalue weighted by molar-refractivity contribution is 6.33. The average molecular weight is 270 g/mol. The number of hydrogen-bond acceptors (Lipinski definition) is 3. The Balaban J connectivity index is 2.64. The number of amides is 1. The number of nitrogens with zero attached hydrogens (tertiary/aromatic N) is 1. The molecule has 0 bridgehead atoms. The van der Waals surface area contributed by atoms with Crippen molar-refractivity contribution in [2.24, 2.45) is 0 Å². The van der Waals surface area contributed by atoms with Crippen LogP contribution in [-0.4, -0.2) is 24.0 Å². The van der Waals surface area contributed by atoms with Crippen LogP contribution >= 0.6 is 11.6 Å². The number of halogens is 1. The lowest BCUT2D eigenvalue weighted by Crippen LogP contribution is -2.32. The molecule has 0 saturated heterocycles. The Morgan fingerprint density at radius 2 is 2.28 bits per heavy atom. The smallest absolute Gasteiger partial charge is 0.253 e. The zero-order valence-corrected chi connectivity index (χ0v) is 11.8. The molecule has 5 heteroatoms. The van der Waals surface area contributed by atoms with Gasteiger partial charge in [0.2, 0.25) is 0 Å². The molecule has 0 aliphatic heterocycles. The molecule has 0 saturated carbocycles. The van der Waals surface area contributed by atoms with E-state index in [2.05, 4.69) is 22.5 Å². The van der Waals surface area contributed by atoms with Crippen molar-refractivity contribution in [2.45, 2.75) is 39.2 Å². The lowest BCUT2D eigenvalue weighted by molar-refractivity contribution is 0.0937. The van der Waals surface area contributed by atoms with Crippen LogP contribution in [0.25, 0.3) is 0 Å². The molecule has 1 aromatic rings. The first-order chi connectivity index (χ1) is 8.58. The molecule has 1 heterocycles. The van der Waals surface area contributed by atoms with Gasteiger partial charge in [-0.15, -0.1) is 0 Å². The first-order valence-corrected chi connectivity index (χ1v) is 6.60. The average Bonchev–Trinajstić information content (AvgIpc) is 2.36. The maximum Gasteiger partial charge on any atom is 0.253 e.